The molecular weight excluding hydrogens is 696 g/mol. The van der Waals surface area contributed by atoms with E-state index in [4.69, 9.17) is 18.9 Å². The van der Waals surface area contributed by atoms with Crippen molar-refractivity contribution in [3.05, 3.63) is 65.7 Å². The van der Waals surface area contributed by atoms with Gasteiger partial charge in [0.1, 0.15) is 29.2 Å². The number of phenols is 1. The minimum Gasteiger partial charge on any atom is -0.508 e. The van der Waals surface area contributed by atoms with Gasteiger partial charge in [-0.25, -0.2) is 0 Å². The molecule has 0 aromatic heterocycles. The molecule has 8 unspecified atom stereocenters. The second-order valence-corrected chi connectivity index (χ2v) is 18.6. The number of benzene rings is 2. The number of esters is 4. The quantitative estimate of drug-likeness (QED) is 0.140. The van der Waals surface area contributed by atoms with Gasteiger partial charge in [-0.3, -0.25) is 19.2 Å². The summed E-state index contributed by atoms with van der Waals surface area (Å²) in [5.41, 5.74) is -4.25. The Kier molecular flexibility index (Phi) is 11.3. The van der Waals surface area contributed by atoms with E-state index in [2.05, 4.69) is 6.92 Å². The molecule has 0 radical (unpaired) electrons. The van der Waals surface area contributed by atoms with Gasteiger partial charge in [-0.1, -0.05) is 62.7 Å². The van der Waals surface area contributed by atoms with E-state index in [1.807, 2.05) is 70.2 Å². The van der Waals surface area contributed by atoms with Crippen LogP contribution in [0.25, 0.3) is 0 Å². The van der Waals surface area contributed by atoms with Crippen LogP contribution in [-0.2, 0) is 43.7 Å². The van der Waals surface area contributed by atoms with Gasteiger partial charge in [0.2, 0.25) is 0 Å². The van der Waals surface area contributed by atoms with Crippen LogP contribution in [0.4, 0.5) is 0 Å². The molecule has 3 saturated carbocycles. The van der Waals surface area contributed by atoms with E-state index in [1.54, 1.807) is 32.9 Å². The highest BCUT2D eigenvalue weighted by atomic mass is 16.6. The van der Waals surface area contributed by atoms with Crippen molar-refractivity contribution in [3.63, 3.8) is 0 Å². The summed E-state index contributed by atoms with van der Waals surface area (Å²) in [5.74, 6) is -1.88. The zero-order valence-electron chi connectivity index (χ0n) is 34.2. The summed E-state index contributed by atoms with van der Waals surface area (Å²) in [6.07, 6.45) is 6.33. The van der Waals surface area contributed by atoms with Gasteiger partial charge in [-0.05, 0) is 135 Å². The fraction of sp³-hybridized carbons (Fsp3) is 0.652. The predicted molar refractivity (Wildman–Crippen MR) is 208 cm³/mol. The van der Waals surface area contributed by atoms with Crippen LogP contribution < -0.4 is 0 Å². The van der Waals surface area contributed by atoms with Crippen LogP contribution in [0.1, 0.15) is 143 Å². The molecule has 2 aromatic carbocycles. The molecule has 8 atom stereocenters. The monoisotopic (exact) mass is 758 g/mol. The Bertz CT molecular complexity index is 1720. The minimum absolute atomic E-state index is 0.0195. The number of ether oxygens (including phenoxy) is 4. The van der Waals surface area contributed by atoms with E-state index in [0.717, 1.165) is 49.7 Å². The van der Waals surface area contributed by atoms with Gasteiger partial charge in [0, 0.05) is 11.8 Å². The molecule has 1 heterocycles. The standard InChI is InChI=1S/C46H62O9/c1-9-29(30-19-21-33(47)22-20-30)27-44(7,40(50)54-43(5,6)32-17-13-11-14-18-32)28-45(8,41(51)55-46(10-2)23-15-12-16-24-46)42(3,4)39(49)53-36-31-25-34-35(26-31)38(48)52-37(34)36/h11,13-14,17-22,29,31,34-37,47H,9-10,12,15-16,23-28H2,1-8H3. The summed E-state index contributed by atoms with van der Waals surface area (Å²) < 4.78 is 25.2. The van der Waals surface area contributed by atoms with Crippen molar-refractivity contribution in [3.8, 4) is 5.75 Å². The molecular formula is C46H62O9. The number of carbonyl (C=O) groups excluding carboxylic acids is 4. The average Bonchev–Trinajstić information content (AvgIpc) is 3.80. The van der Waals surface area contributed by atoms with E-state index < -0.39 is 57.6 Å². The van der Waals surface area contributed by atoms with Gasteiger partial charge in [0.25, 0.3) is 0 Å². The third-order valence-corrected chi connectivity index (χ3v) is 14.3. The van der Waals surface area contributed by atoms with Crippen molar-refractivity contribution in [2.75, 3.05) is 0 Å². The Balaban J connectivity index is 1.40. The third-order valence-electron chi connectivity index (χ3n) is 14.3. The zero-order chi connectivity index (χ0) is 40.0. The molecule has 0 spiro atoms. The second-order valence-electron chi connectivity index (χ2n) is 18.6. The van der Waals surface area contributed by atoms with E-state index in [9.17, 15) is 14.7 Å². The summed E-state index contributed by atoms with van der Waals surface area (Å²) in [6.45, 7) is 14.9. The molecule has 1 N–H and O–H groups in total. The molecule has 2 aromatic rings. The maximum atomic E-state index is 15.2. The lowest BCUT2D eigenvalue weighted by Gasteiger charge is -2.48. The Morgan fingerprint density at radius 3 is 2.15 bits per heavy atom. The van der Waals surface area contributed by atoms with E-state index in [0.29, 0.717) is 25.7 Å². The van der Waals surface area contributed by atoms with E-state index in [-0.39, 0.29) is 41.8 Å². The Labute approximate surface area is 327 Å². The predicted octanol–water partition coefficient (Wildman–Crippen LogP) is 9.33. The smallest absolute Gasteiger partial charge is 0.313 e. The Morgan fingerprint density at radius 1 is 0.873 bits per heavy atom. The number of aromatic hydroxyl groups is 1. The first-order valence-corrected chi connectivity index (χ1v) is 20.6. The molecule has 55 heavy (non-hydrogen) atoms. The van der Waals surface area contributed by atoms with Crippen LogP contribution in [0.2, 0.25) is 0 Å². The number of carbonyl (C=O) groups is 4. The highest BCUT2D eigenvalue weighted by Gasteiger charge is 2.65. The van der Waals surface area contributed by atoms with E-state index in [1.165, 1.54) is 0 Å². The van der Waals surface area contributed by atoms with Gasteiger partial charge < -0.3 is 24.1 Å². The first-order valence-electron chi connectivity index (χ1n) is 20.6. The van der Waals surface area contributed by atoms with Gasteiger partial charge in [-0.15, -0.1) is 0 Å². The molecule has 6 rings (SSSR count). The maximum Gasteiger partial charge on any atom is 0.313 e. The van der Waals surface area contributed by atoms with Gasteiger partial charge >= 0.3 is 23.9 Å². The van der Waals surface area contributed by atoms with Crippen LogP contribution in [0.5, 0.6) is 5.75 Å². The minimum atomic E-state index is -1.56. The van der Waals surface area contributed by atoms with Gasteiger partial charge in [0.05, 0.1) is 22.2 Å². The average molecular weight is 759 g/mol. The van der Waals surface area contributed by atoms with Crippen molar-refractivity contribution in [1.82, 2.24) is 0 Å². The second kappa shape index (κ2) is 15.2. The fourth-order valence-electron chi connectivity index (χ4n) is 10.2. The van der Waals surface area contributed by atoms with Crippen molar-refractivity contribution < 1.29 is 43.2 Å². The fourth-order valence-corrected chi connectivity index (χ4v) is 10.2. The summed E-state index contributed by atoms with van der Waals surface area (Å²) in [4.78, 5) is 57.5. The molecule has 0 amide bonds. The SMILES string of the molecule is CCC(CC(C)(CC(C)(C(=O)OC1(CC)CCCCC1)C(C)(C)C(=O)OC1C2CC3C(=O)OC1C3C2)C(=O)OC(C)(C)c1ccccc1)c1ccc(O)cc1. The van der Waals surface area contributed by atoms with Crippen molar-refractivity contribution in [2.24, 2.45) is 34.0 Å². The summed E-state index contributed by atoms with van der Waals surface area (Å²) in [7, 11) is 0. The molecule has 4 fully saturated rings. The lowest BCUT2D eigenvalue weighted by molar-refractivity contribution is -0.201. The van der Waals surface area contributed by atoms with Crippen LogP contribution >= 0.6 is 0 Å². The first kappa shape index (κ1) is 40.8. The van der Waals surface area contributed by atoms with Crippen LogP contribution in [0.15, 0.2) is 54.6 Å². The lowest BCUT2D eigenvalue weighted by atomic mass is 9.58. The number of hydrogen-bond donors (Lipinski definition) is 1. The molecule has 300 valence electrons. The Hall–Kier alpha value is -3.88. The van der Waals surface area contributed by atoms with E-state index >= 15 is 9.59 Å². The van der Waals surface area contributed by atoms with Crippen LogP contribution in [0, 0.1) is 34.0 Å². The van der Waals surface area contributed by atoms with Crippen molar-refractivity contribution in [1.29, 1.82) is 0 Å². The zero-order valence-corrected chi connectivity index (χ0v) is 34.2. The van der Waals surface area contributed by atoms with Crippen molar-refractivity contribution in [2.45, 2.75) is 155 Å². The highest BCUT2D eigenvalue weighted by Crippen LogP contribution is 2.58. The number of rotatable bonds is 15. The summed E-state index contributed by atoms with van der Waals surface area (Å²) in [6, 6.07) is 16.6. The number of hydrogen-bond acceptors (Lipinski definition) is 9. The molecule has 9 heteroatoms. The summed E-state index contributed by atoms with van der Waals surface area (Å²) in [5, 5.41) is 10.1. The van der Waals surface area contributed by atoms with Crippen molar-refractivity contribution >= 4 is 23.9 Å². The molecule has 1 saturated heterocycles. The molecule has 2 bridgehead atoms. The highest BCUT2D eigenvalue weighted by molar-refractivity contribution is 5.89. The molecule has 3 aliphatic carbocycles. The lowest BCUT2D eigenvalue weighted by Crippen LogP contribution is -2.55. The normalized spacial score (nSPS) is 27.0. The molecule has 9 nitrogen and oxygen atoms in total. The number of phenolic OH excluding ortho intramolecular Hbond substituents is 1. The van der Waals surface area contributed by atoms with Gasteiger partial charge in [0.15, 0.2) is 0 Å². The van der Waals surface area contributed by atoms with Crippen LogP contribution in [0.3, 0.4) is 0 Å². The number of fused-ring (bicyclic) bond motifs is 1. The largest absolute Gasteiger partial charge is 0.508 e. The summed E-state index contributed by atoms with van der Waals surface area (Å²) >= 11 is 0. The van der Waals surface area contributed by atoms with Gasteiger partial charge in [-0.2, -0.15) is 0 Å². The maximum absolute atomic E-state index is 15.2. The molecule has 1 aliphatic heterocycles. The van der Waals surface area contributed by atoms with Crippen LogP contribution in [-0.4, -0.2) is 46.8 Å². The topological polar surface area (TPSA) is 125 Å². The first-order chi connectivity index (χ1) is 25.9. The Morgan fingerprint density at radius 2 is 1.53 bits per heavy atom. The molecule has 4 aliphatic rings. The third kappa shape index (κ3) is 7.66.